The maximum atomic E-state index is 4.47. The van der Waals surface area contributed by atoms with Crippen molar-refractivity contribution in [1.82, 2.24) is 15.3 Å². The Labute approximate surface area is 103 Å². The Kier molecular flexibility index (Phi) is 4.09. The lowest BCUT2D eigenvalue weighted by atomic mass is 10.1. The molecule has 0 atom stereocenters. The SMILES string of the molecule is C=CCCc1c(C)ncnc1N1CCNCC1. The van der Waals surface area contributed by atoms with Gasteiger partial charge in [0.2, 0.25) is 0 Å². The highest BCUT2D eigenvalue weighted by Gasteiger charge is 2.16. The van der Waals surface area contributed by atoms with Crippen LogP contribution in [-0.2, 0) is 6.42 Å². The Balaban J connectivity index is 2.24. The van der Waals surface area contributed by atoms with Gasteiger partial charge in [-0.2, -0.15) is 0 Å². The quantitative estimate of drug-likeness (QED) is 0.795. The largest absolute Gasteiger partial charge is 0.354 e. The van der Waals surface area contributed by atoms with Crippen molar-refractivity contribution in [2.24, 2.45) is 0 Å². The summed E-state index contributed by atoms with van der Waals surface area (Å²) in [5.41, 5.74) is 2.37. The molecule has 92 valence electrons. The Morgan fingerprint density at radius 1 is 1.41 bits per heavy atom. The zero-order valence-electron chi connectivity index (χ0n) is 10.4. The molecular formula is C13H20N4. The molecule has 1 N–H and O–H groups in total. The lowest BCUT2D eigenvalue weighted by Gasteiger charge is -2.30. The maximum Gasteiger partial charge on any atom is 0.135 e. The number of rotatable bonds is 4. The third-order valence-corrected chi connectivity index (χ3v) is 3.15. The normalized spacial score (nSPS) is 15.9. The van der Waals surface area contributed by atoms with E-state index in [1.807, 2.05) is 6.08 Å². The third kappa shape index (κ3) is 2.82. The minimum absolute atomic E-state index is 0.979. The second-order valence-corrected chi connectivity index (χ2v) is 4.33. The molecule has 1 aromatic rings. The van der Waals surface area contributed by atoms with Crippen LogP contribution in [0.2, 0.25) is 0 Å². The first-order valence-corrected chi connectivity index (χ1v) is 6.20. The van der Waals surface area contributed by atoms with Crippen molar-refractivity contribution in [2.75, 3.05) is 31.1 Å². The van der Waals surface area contributed by atoms with Gasteiger partial charge in [0.25, 0.3) is 0 Å². The fraction of sp³-hybridized carbons (Fsp3) is 0.538. The molecule has 0 unspecified atom stereocenters. The average Bonchev–Trinajstić information content (AvgIpc) is 2.38. The molecule has 1 aliphatic heterocycles. The van der Waals surface area contributed by atoms with Crippen LogP contribution in [0.3, 0.4) is 0 Å². The molecule has 2 rings (SSSR count). The number of hydrogen-bond acceptors (Lipinski definition) is 4. The minimum Gasteiger partial charge on any atom is -0.354 e. The van der Waals surface area contributed by atoms with Crippen LogP contribution in [0, 0.1) is 6.92 Å². The summed E-state index contributed by atoms with van der Waals surface area (Å²) in [5, 5.41) is 3.36. The van der Waals surface area contributed by atoms with E-state index < -0.39 is 0 Å². The van der Waals surface area contributed by atoms with Crippen molar-refractivity contribution in [3.8, 4) is 0 Å². The van der Waals surface area contributed by atoms with Crippen LogP contribution in [0.5, 0.6) is 0 Å². The van der Waals surface area contributed by atoms with Gasteiger partial charge < -0.3 is 10.2 Å². The van der Waals surface area contributed by atoms with Gasteiger partial charge in [-0.15, -0.1) is 6.58 Å². The highest BCUT2D eigenvalue weighted by molar-refractivity contribution is 5.49. The van der Waals surface area contributed by atoms with Crippen LogP contribution in [0.4, 0.5) is 5.82 Å². The van der Waals surface area contributed by atoms with Crippen molar-refractivity contribution in [3.63, 3.8) is 0 Å². The zero-order chi connectivity index (χ0) is 12.1. The molecule has 0 amide bonds. The van der Waals surface area contributed by atoms with Gasteiger partial charge in [0, 0.05) is 37.4 Å². The molecule has 0 aromatic carbocycles. The van der Waals surface area contributed by atoms with Crippen molar-refractivity contribution >= 4 is 5.82 Å². The smallest absolute Gasteiger partial charge is 0.135 e. The van der Waals surface area contributed by atoms with E-state index in [2.05, 4.69) is 33.7 Å². The van der Waals surface area contributed by atoms with Crippen LogP contribution in [0.25, 0.3) is 0 Å². The number of nitrogens with one attached hydrogen (secondary N) is 1. The number of hydrogen-bond donors (Lipinski definition) is 1. The first kappa shape index (κ1) is 12.0. The lowest BCUT2D eigenvalue weighted by molar-refractivity contribution is 0.582. The molecule has 2 heterocycles. The Morgan fingerprint density at radius 3 is 2.88 bits per heavy atom. The third-order valence-electron chi connectivity index (χ3n) is 3.15. The van der Waals surface area contributed by atoms with E-state index in [1.165, 1.54) is 5.56 Å². The Bertz CT molecular complexity index is 383. The van der Waals surface area contributed by atoms with Crippen LogP contribution in [0.1, 0.15) is 17.7 Å². The molecule has 0 spiro atoms. The standard InChI is InChI=1S/C13H20N4/c1-3-4-5-12-11(2)15-10-16-13(12)17-8-6-14-7-9-17/h3,10,14H,1,4-9H2,2H3. The molecule has 1 saturated heterocycles. The van der Waals surface area contributed by atoms with E-state index in [0.29, 0.717) is 0 Å². The summed E-state index contributed by atoms with van der Waals surface area (Å²) in [6.45, 7) is 9.96. The average molecular weight is 232 g/mol. The van der Waals surface area contributed by atoms with E-state index in [9.17, 15) is 0 Å². The van der Waals surface area contributed by atoms with Crippen LogP contribution < -0.4 is 10.2 Å². The van der Waals surface area contributed by atoms with Gasteiger partial charge in [0.05, 0.1) is 0 Å². The van der Waals surface area contributed by atoms with Gasteiger partial charge in [-0.3, -0.25) is 0 Å². The van der Waals surface area contributed by atoms with Gasteiger partial charge in [-0.1, -0.05) is 6.08 Å². The van der Waals surface area contributed by atoms with Crippen molar-refractivity contribution in [2.45, 2.75) is 19.8 Å². The number of aryl methyl sites for hydroxylation is 1. The van der Waals surface area contributed by atoms with Gasteiger partial charge in [0.1, 0.15) is 12.1 Å². The van der Waals surface area contributed by atoms with Crippen LogP contribution in [-0.4, -0.2) is 36.1 Å². The molecule has 1 aliphatic rings. The van der Waals surface area contributed by atoms with Gasteiger partial charge in [-0.25, -0.2) is 9.97 Å². The Hall–Kier alpha value is -1.42. The molecule has 4 heteroatoms. The molecule has 1 fully saturated rings. The van der Waals surface area contributed by atoms with Gasteiger partial charge in [-0.05, 0) is 19.8 Å². The van der Waals surface area contributed by atoms with E-state index >= 15 is 0 Å². The number of nitrogens with zero attached hydrogens (tertiary/aromatic N) is 3. The second-order valence-electron chi connectivity index (χ2n) is 4.33. The second kappa shape index (κ2) is 5.77. The molecule has 0 aliphatic carbocycles. The number of piperazine rings is 1. The molecule has 0 saturated carbocycles. The molecule has 0 bridgehead atoms. The summed E-state index contributed by atoms with van der Waals surface area (Å²) in [6, 6.07) is 0. The van der Waals surface area contributed by atoms with E-state index in [-0.39, 0.29) is 0 Å². The first-order valence-electron chi connectivity index (χ1n) is 6.20. The molecule has 4 nitrogen and oxygen atoms in total. The van der Waals surface area contributed by atoms with Crippen molar-refractivity contribution in [3.05, 3.63) is 30.2 Å². The summed E-state index contributed by atoms with van der Waals surface area (Å²) in [6.07, 6.45) is 5.58. The predicted molar refractivity (Wildman–Crippen MR) is 70.4 cm³/mol. The van der Waals surface area contributed by atoms with Crippen LogP contribution >= 0.6 is 0 Å². The molecule has 1 aromatic heterocycles. The summed E-state index contributed by atoms with van der Waals surface area (Å²) in [7, 11) is 0. The molecule has 17 heavy (non-hydrogen) atoms. The summed E-state index contributed by atoms with van der Waals surface area (Å²) >= 11 is 0. The Morgan fingerprint density at radius 2 is 2.18 bits per heavy atom. The zero-order valence-corrected chi connectivity index (χ0v) is 10.4. The van der Waals surface area contributed by atoms with E-state index in [1.54, 1.807) is 6.33 Å². The maximum absolute atomic E-state index is 4.47. The molecule has 0 radical (unpaired) electrons. The van der Waals surface area contributed by atoms with Crippen LogP contribution in [0.15, 0.2) is 19.0 Å². The number of anilines is 1. The van der Waals surface area contributed by atoms with Crippen molar-refractivity contribution < 1.29 is 0 Å². The van der Waals surface area contributed by atoms with Gasteiger partial charge >= 0.3 is 0 Å². The highest BCUT2D eigenvalue weighted by Crippen LogP contribution is 2.21. The fourth-order valence-electron chi connectivity index (χ4n) is 2.18. The first-order chi connectivity index (χ1) is 8.33. The van der Waals surface area contributed by atoms with Gasteiger partial charge in [0.15, 0.2) is 0 Å². The van der Waals surface area contributed by atoms with E-state index in [0.717, 1.165) is 50.5 Å². The number of allylic oxidation sites excluding steroid dienone is 1. The monoisotopic (exact) mass is 232 g/mol. The lowest BCUT2D eigenvalue weighted by Crippen LogP contribution is -2.44. The molecular weight excluding hydrogens is 212 g/mol. The van der Waals surface area contributed by atoms with E-state index in [4.69, 9.17) is 0 Å². The predicted octanol–water partition coefficient (Wildman–Crippen LogP) is 1.31. The summed E-state index contributed by atoms with van der Waals surface area (Å²) in [4.78, 5) is 11.1. The number of aromatic nitrogens is 2. The minimum atomic E-state index is 0.979. The summed E-state index contributed by atoms with van der Waals surface area (Å²) in [5.74, 6) is 1.11. The topological polar surface area (TPSA) is 41.1 Å². The van der Waals surface area contributed by atoms with Crippen molar-refractivity contribution in [1.29, 1.82) is 0 Å². The highest BCUT2D eigenvalue weighted by atomic mass is 15.2. The fourth-order valence-corrected chi connectivity index (χ4v) is 2.18. The summed E-state index contributed by atoms with van der Waals surface area (Å²) < 4.78 is 0.